The van der Waals surface area contributed by atoms with Gasteiger partial charge in [-0.25, -0.2) is 4.79 Å². The Morgan fingerprint density at radius 1 is 1.27 bits per heavy atom. The van der Waals surface area contributed by atoms with Crippen LogP contribution in [0.25, 0.3) is 0 Å². The first-order valence-electron chi connectivity index (χ1n) is 8.07. The quantitative estimate of drug-likeness (QED) is 0.818. The molecule has 0 unspecified atom stereocenters. The molecule has 0 aromatic carbocycles. The van der Waals surface area contributed by atoms with Crippen LogP contribution in [-0.2, 0) is 0 Å². The average Bonchev–Trinajstić information content (AvgIpc) is 3.02. The summed E-state index contributed by atoms with van der Waals surface area (Å²) >= 11 is 0. The van der Waals surface area contributed by atoms with Crippen molar-refractivity contribution in [3.8, 4) is 0 Å². The van der Waals surface area contributed by atoms with Gasteiger partial charge in [0.2, 0.25) is 0 Å². The summed E-state index contributed by atoms with van der Waals surface area (Å²) in [7, 11) is 0. The summed E-state index contributed by atoms with van der Waals surface area (Å²) in [6.07, 6.45) is 1.28. The summed E-state index contributed by atoms with van der Waals surface area (Å²) in [5.74, 6) is 0.107. The molecule has 2 amide bonds. The van der Waals surface area contributed by atoms with Gasteiger partial charge in [-0.15, -0.1) is 0 Å². The second kappa shape index (κ2) is 7.06. The molecule has 2 fully saturated rings. The molecule has 1 atom stereocenters. The largest absolute Gasteiger partial charge is 0.401 e. The summed E-state index contributed by atoms with van der Waals surface area (Å²) in [4.78, 5) is 13.2. The normalized spacial score (nSPS) is 25.4. The zero-order chi connectivity index (χ0) is 16.2. The predicted molar refractivity (Wildman–Crippen MR) is 78.6 cm³/mol. The Kier molecular flexibility index (Phi) is 5.58. The Morgan fingerprint density at radius 3 is 2.59 bits per heavy atom. The monoisotopic (exact) mass is 321 g/mol. The summed E-state index contributed by atoms with van der Waals surface area (Å²) in [5, 5.41) is 5.69. The van der Waals surface area contributed by atoms with E-state index in [1.54, 1.807) is 0 Å². The van der Waals surface area contributed by atoms with Crippen molar-refractivity contribution in [1.29, 1.82) is 0 Å². The molecular weight excluding hydrogens is 295 g/mol. The van der Waals surface area contributed by atoms with E-state index >= 15 is 0 Å². The van der Waals surface area contributed by atoms with Crippen LogP contribution in [0.5, 0.6) is 0 Å². The fourth-order valence-corrected chi connectivity index (χ4v) is 3.48. The molecular formula is C15H26F3N3O. The SMILES string of the molecule is CC1(CNC(=O)NC[C@H]2CCN(CC(F)(F)F)C2)CCCC1. The van der Waals surface area contributed by atoms with Gasteiger partial charge < -0.3 is 10.6 Å². The Hall–Kier alpha value is -0.980. The van der Waals surface area contributed by atoms with Crippen LogP contribution in [0.15, 0.2) is 0 Å². The number of amides is 2. The number of carbonyl (C=O) groups excluding carboxylic acids is 1. The van der Waals surface area contributed by atoms with E-state index in [1.807, 2.05) is 0 Å². The minimum atomic E-state index is -4.14. The van der Waals surface area contributed by atoms with Gasteiger partial charge in [0.1, 0.15) is 0 Å². The van der Waals surface area contributed by atoms with E-state index in [4.69, 9.17) is 0 Å². The van der Waals surface area contributed by atoms with E-state index in [0.29, 0.717) is 32.6 Å². The number of alkyl halides is 3. The van der Waals surface area contributed by atoms with E-state index in [0.717, 1.165) is 12.8 Å². The number of nitrogens with one attached hydrogen (secondary N) is 2. The number of nitrogens with zero attached hydrogens (tertiary/aromatic N) is 1. The van der Waals surface area contributed by atoms with Gasteiger partial charge in [-0.2, -0.15) is 13.2 Å². The number of carbonyl (C=O) groups is 1. The molecule has 0 radical (unpaired) electrons. The number of likely N-dealkylation sites (tertiary alicyclic amines) is 1. The van der Waals surface area contributed by atoms with Gasteiger partial charge in [0.05, 0.1) is 6.54 Å². The highest BCUT2D eigenvalue weighted by atomic mass is 19.4. The zero-order valence-electron chi connectivity index (χ0n) is 13.1. The lowest BCUT2D eigenvalue weighted by Crippen LogP contribution is -2.43. The third-order valence-electron chi connectivity index (χ3n) is 4.81. The maximum Gasteiger partial charge on any atom is 0.401 e. The fraction of sp³-hybridized carbons (Fsp3) is 0.933. The molecule has 22 heavy (non-hydrogen) atoms. The van der Waals surface area contributed by atoms with Gasteiger partial charge in [0.15, 0.2) is 0 Å². The molecule has 0 aromatic rings. The second-order valence-corrected chi connectivity index (χ2v) is 7.09. The lowest BCUT2D eigenvalue weighted by atomic mass is 9.89. The highest BCUT2D eigenvalue weighted by molar-refractivity contribution is 5.73. The molecule has 1 saturated carbocycles. The molecule has 2 rings (SSSR count). The minimum absolute atomic E-state index is 0.107. The maximum atomic E-state index is 12.3. The fourth-order valence-electron chi connectivity index (χ4n) is 3.48. The van der Waals surface area contributed by atoms with Crippen molar-refractivity contribution >= 4 is 6.03 Å². The van der Waals surface area contributed by atoms with Crippen LogP contribution in [0.3, 0.4) is 0 Å². The van der Waals surface area contributed by atoms with Crippen LogP contribution in [-0.4, -0.2) is 49.8 Å². The summed E-state index contributed by atoms with van der Waals surface area (Å²) in [5.41, 5.74) is 0.203. The van der Waals surface area contributed by atoms with Crippen molar-refractivity contribution in [1.82, 2.24) is 15.5 Å². The van der Waals surface area contributed by atoms with Crippen molar-refractivity contribution in [2.24, 2.45) is 11.3 Å². The van der Waals surface area contributed by atoms with Crippen molar-refractivity contribution in [2.45, 2.75) is 45.2 Å². The van der Waals surface area contributed by atoms with Crippen LogP contribution in [0, 0.1) is 11.3 Å². The van der Waals surface area contributed by atoms with E-state index in [-0.39, 0.29) is 17.4 Å². The third kappa shape index (κ3) is 5.66. The predicted octanol–water partition coefficient (Wildman–Crippen LogP) is 2.75. The Labute approximate surface area is 129 Å². The highest BCUT2D eigenvalue weighted by Crippen LogP contribution is 2.36. The van der Waals surface area contributed by atoms with E-state index in [1.165, 1.54) is 17.7 Å². The maximum absolute atomic E-state index is 12.3. The van der Waals surface area contributed by atoms with Gasteiger partial charge in [0.25, 0.3) is 0 Å². The molecule has 0 aromatic heterocycles. The summed E-state index contributed by atoms with van der Waals surface area (Å²) in [6, 6.07) is -0.206. The molecule has 4 nitrogen and oxygen atoms in total. The molecule has 1 aliphatic carbocycles. The van der Waals surface area contributed by atoms with E-state index in [2.05, 4.69) is 17.6 Å². The van der Waals surface area contributed by atoms with Gasteiger partial charge in [0, 0.05) is 19.6 Å². The molecule has 2 aliphatic rings. The average molecular weight is 321 g/mol. The van der Waals surface area contributed by atoms with Crippen molar-refractivity contribution in [3.63, 3.8) is 0 Å². The molecule has 1 saturated heterocycles. The lowest BCUT2D eigenvalue weighted by molar-refractivity contribution is -0.143. The molecule has 0 bridgehead atoms. The molecule has 128 valence electrons. The summed E-state index contributed by atoms with van der Waals surface area (Å²) < 4.78 is 36.9. The molecule has 0 spiro atoms. The van der Waals surface area contributed by atoms with E-state index in [9.17, 15) is 18.0 Å². The van der Waals surface area contributed by atoms with Crippen molar-refractivity contribution < 1.29 is 18.0 Å². The first-order valence-corrected chi connectivity index (χ1v) is 8.07. The molecule has 1 heterocycles. The van der Waals surface area contributed by atoms with Crippen LogP contribution in [0.4, 0.5) is 18.0 Å². The smallest absolute Gasteiger partial charge is 0.338 e. The topological polar surface area (TPSA) is 44.4 Å². The Balaban J connectivity index is 1.61. The number of rotatable bonds is 5. The van der Waals surface area contributed by atoms with Crippen LogP contribution in [0.2, 0.25) is 0 Å². The molecule has 1 aliphatic heterocycles. The lowest BCUT2D eigenvalue weighted by Gasteiger charge is -2.24. The zero-order valence-corrected chi connectivity index (χ0v) is 13.1. The van der Waals surface area contributed by atoms with Gasteiger partial charge in [-0.05, 0) is 37.1 Å². The highest BCUT2D eigenvalue weighted by Gasteiger charge is 2.34. The van der Waals surface area contributed by atoms with Gasteiger partial charge >= 0.3 is 12.2 Å². The minimum Gasteiger partial charge on any atom is -0.338 e. The van der Waals surface area contributed by atoms with Crippen molar-refractivity contribution in [3.05, 3.63) is 0 Å². The Morgan fingerprint density at radius 2 is 1.95 bits per heavy atom. The number of halogens is 3. The van der Waals surface area contributed by atoms with E-state index < -0.39 is 12.7 Å². The van der Waals surface area contributed by atoms with Crippen LogP contribution in [0.1, 0.15) is 39.0 Å². The number of hydrogen-bond acceptors (Lipinski definition) is 2. The Bertz CT molecular complexity index is 381. The van der Waals surface area contributed by atoms with Crippen molar-refractivity contribution in [2.75, 3.05) is 32.7 Å². The second-order valence-electron chi connectivity index (χ2n) is 7.09. The number of urea groups is 1. The first-order chi connectivity index (χ1) is 10.3. The standard InChI is InChI=1S/C15H26F3N3O/c1-14(5-2-3-6-14)10-20-13(22)19-8-12-4-7-21(9-12)11-15(16,17)18/h12H,2-11H2,1H3,(H2,19,20,22)/t12-/m1/s1. The van der Waals surface area contributed by atoms with Crippen LogP contribution < -0.4 is 10.6 Å². The first kappa shape index (κ1) is 17.4. The summed E-state index contributed by atoms with van der Waals surface area (Å²) in [6.45, 7) is 3.30. The van der Waals surface area contributed by atoms with Gasteiger partial charge in [-0.1, -0.05) is 19.8 Å². The molecule has 7 heteroatoms. The molecule has 2 N–H and O–H groups in total. The van der Waals surface area contributed by atoms with Crippen LogP contribution >= 0.6 is 0 Å². The number of hydrogen-bond donors (Lipinski definition) is 2. The van der Waals surface area contributed by atoms with Gasteiger partial charge in [-0.3, -0.25) is 4.90 Å². The third-order valence-corrected chi connectivity index (χ3v) is 4.81.